The largest absolute Gasteiger partial charge is 0.503 e. The monoisotopic (exact) mass is 484 g/mol. The third-order valence-electron chi connectivity index (χ3n) is 7.17. The van der Waals surface area contributed by atoms with Gasteiger partial charge in [-0.25, -0.2) is 4.98 Å². The first-order valence-electron chi connectivity index (χ1n) is 12.1. The number of rotatable bonds is 5. The summed E-state index contributed by atoms with van der Waals surface area (Å²) >= 11 is 2.00. The SMILES string of the molecule is O=c1ccn2c(c1O)-c1ncc(CN3CCSCC3)n1C[C@@H]2C(c1ccccc1)c1ccccc1. The molecule has 0 spiro atoms. The molecule has 1 fully saturated rings. The lowest BCUT2D eigenvalue weighted by molar-refractivity contribution is 0.279. The van der Waals surface area contributed by atoms with Crippen LogP contribution in [0.25, 0.3) is 11.5 Å². The molecule has 1 atom stereocenters. The molecule has 6 nitrogen and oxygen atoms in total. The normalized spacial score (nSPS) is 17.8. The minimum absolute atomic E-state index is 0.0350. The van der Waals surface area contributed by atoms with Crippen molar-refractivity contribution < 1.29 is 5.11 Å². The van der Waals surface area contributed by atoms with Crippen LogP contribution in [0.15, 0.2) is 83.9 Å². The fourth-order valence-electron chi connectivity index (χ4n) is 5.46. The summed E-state index contributed by atoms with van der Waals surface area (Å²) in [6.45, 7) is 3.65. The maximum Gasteiger partial charge on any atom is 0.223 e. The predicted molar refractivity (Wildman–Crippen MR) is 140 cm³/mol. The number of thioether (sulfide) groups is 1. The smallest absolute Gasteiger partial charge is 0.223 e. The molecule has 2 aliphatic rings. The van der Waals surface area contributed by atoms with Gasteiger partial charge >= 0.3 is 0 Å². The summed E-state index contributed by atoms with van der Waals surface area (Å²) in [6, 6.07) is 22.4. The Morgan fingerprint density at radius 3 is 2.29 bits per heavy atom. The third kappa shape index (κ3) is 4.09. The lowest BCUT2D eigenvalue weighted by atomic mass is 9.83. The average Bonchev–Trinajstić information content (AvgIpc) is 3.30. The van der Waals surface area contributed by atoms with Crippen LogP contribution < -0.4 is 5.43 Å². The van der Waals surface area contributed by atoms with Gasteiger partial charge in [-0.1, -0.05) is 60.7 Å². The van der Waals surface area contributed by atoms with E-state index in [4.69, 9.17) is 4.98 Å². The number of pyridine rings is 1. The Balaban J connectivity index is 1.51. The van der Waals surface area contributed by atoms with Gasteiger partial charge in [0.2, 0.25) is 5.43 Å². The number of aromatic hydroxyl groups is 1. The van der Waals surface area contributed by atoms with Crippen molar-refractivity contribution in [1.29, 1.82) is 0 Å². The second-order valence-corrected chi connectivity index (χ2v) is 10.4. The molecule has 2 aliphatic heterocycles. The van der Waals surface area contributed by atoms with E-state index < -0.39 is 0 Å². The van der Waals surface area contributed by atoms with E-state index >= 15 is 0 Å². The van der Waals surface area contributed by atoms with Gasteiger partial charge in [0.15, 0.2) is 11.6 Å². The molecule has 2 aromatic carbocycles. The Kier molecular flexibility index (Phi) is 5.96. The van der Waals surface area contributed by atoms with Gasteiger partial charge in [-0.3, -0.25) is 9.69 Å². The van der Waals surface area contributed by atoms with E-state index in [1.165, 1.54) is 17.2 Å². The molecule has 35 heavy (non-hydrogen) atoms. The lowest BCUT2D eigenvalue weighted by Gasteiger charge is -2.37. The van der Waals surface area contributed by atoms with E-state index in [-0.39, 0.29) is 23.1 Å². The molecule has 4 aromatic rings. The molecule has 178 valence electrons. The molecule has 0 saturated carbocycles. The van der Waals surface area contributed by atoms with Gasteiger partial charge in [0.05, 0.1) is 17.9 Å². The molecular weight excluding hydrogens is 456 g/mol. The summed E-state index contributed by atoms with van der Waals surface area (Å²) in [5, 5.41) is 11.0. The number of hydrogen-bond acceptors (Lipinski definition) is 5. The molecule has 1 N–H and O–H groups in total. The van der Waals surface area contributed by atoms with Crippen molar-refractivity contribution in [1.82, 2.24) is 19.0 Å². The summed E-state index contributed by atoms with van der Waals surface area (Å²) in [4.78, 5) is 19.7. The van der Waals surface area contributed by atoms with Crippen LogP contribution in [0.3, 0.4) is 0 Å². The summed E-state index contributed by atoms with van der Waals surface area (Å²) < 4.78 is 4.28. The molecule has 0 bridgehead atoms. The maximum atomic E-state index is 12.5. The summed E-state index contributed by atoms with van der Waals surface area (Å²) in [5.74, 6) is 2.76. The first-order valence-corrected chi connectivity index (χ1v) is 13.2. The zero-order valence-corrected chi connectivity index (χ0v) is 20.3. The second kappa shape index (κ2) is 9.40. The molecule has 0 unspecified atom stereocenters. The molecule has 0 radical (unpaired) electrons. The van der Waals surface area contributed by atoms with Crippen LogP contribution in [0.2, 0.25) is 0 Å². The Morgan fingerprint density at radius 1 is 0.971 bits per heavy atom. The first kappa shape index (κ1) is 22.2. The van der Waals surface area contributed by atoms with E-state index in [1.54, 1.807) is 0 Å². The molecule has 6 rings (SSSR count). The molecule has 7 heteroatoms. The highest BCUT2D eigenvalue weighted by atomic mass is 32.2. The van der Waals surface area contributed by atoms with Crippen molar-refractivity contribution in [3.8, 4) is 17.3 Å². The number of hydrogen-bond donors (Lipinski definition) is 1. The maximum absolute atomic E-state index is 12.5. The molecular formula is C28H28N4O2S. The average molecular weight is 485 g/mol. The molecule has 0 aliphatic carbocycles. The predicted octanol–water partition coefficient (Wildman–Crippen LogP) is 4.35. The Hall–Kier alpha value is -3.29. The van der Waals surface area contributed by atoms with Crippen LogP contribution in [-0.4, -0.2) is 48.7 Å². The van der Waals surface area contributed by atoms with E-state index in [0.29, 0.717) is 18.1 Å². The van der Waals surface area contributed by atoms with E-state index in [2.05, 4.69) is 62.6 Å². The van der Waals surface area contributed by atoms with Crippen molar-refractivity contribution in [2.45, 2.75) is 25.0 Å². The number of aromatic nitrogens is 3. The van der Waals surface area contributed by atoms with Crippen molar-refractivity contribution >= 4 is 11.8 Å². The Labute approximate surface area is 208 Å². The fourth-order valence-corrected chi connectivity index (χ4v) is 6.43. The van der Waals surface area contributed by atoms with Gasteiger partial charge in [0.1, 0.15) is 5.69 Å². The van der Waals surface area contributed by atoms with E-state index in [1.807, 2.05) is 36.3 Å². The van der Waals surface area contributed by atoms with Gasteiger partial charge in [-0.15, -0.1) is 0 Å². The van der Waals surface area contributed by atoms with Crippen LogP contribution in [0, 0.1) is 0 Å². The lowest BCUT2D eigenvalue weighted by Crippen LogP contribution is -2.35. The highest BCUT2D eigenvalue weighted by molar-refractivity contribution is 7.99. The van der Waals surface area contributed by atoms with Gasteiger partial charge in [0.25, 0.3) is 0 Å². The number of imidazole rings is 1. The second-order valence-electron chi connectivity index (χ2n) is 9.22. The molecule has 4 heterocycles. The topological polar surface area (TPSA) is 63.3 Å². The summed E-state index contributed by atoms with van der Waals surface area (Å²) in [6.07, 6.45) is 3.74. The standard InChI is InChI=1S/C28H28N4O2S/c33-24-11-12-31-23(25(20-7-3-1-4-8-20)21-9-5-2-6-10-21)19-32-22(18-30-13-15-35-16-14-30)17-29-28(32)26(31)27(24)34/h1-12,17,23,25,34H,13-16,18-19H2/t23-/m1/s1. The van der Waals surface area contributed by atoms with E-state index in [0.717, 1.165) is 36.8 Å². The zero-order valence-electron chi connectivity index (χ0n) is 19.5. The first-order chi connectivity index (χ1) is 17.2. The molecule has 0 amide bonds. The van der Waals surface area contributed by atoms with Crippen LogP contribution in [0.1, 0.15) is 28.8 Å². The van der Waals surface area contributed by atoms with E-state index in [9.17, 15) is 9.90 Å². The highest BCUT2D eigenvalue weighted by Gasteiger charge is 2.35. The summed E-state index contributed by atoms with van der Waals surface area (Å²) in [5.41, 5.74) is 3.65. The highest BCUT2D eigenvalue weighted by Crippen LogP contribution is 2.43. The van der Waals surface area contributed by atoms with Crippen LogP contribution in [0.5, 0.6) is 5.75 Å². The van der Waals surface area contributed by atoms with Crippen molar-refractivity contribution in [3.05, 3.63) is 106 Å². The van der Waals surface area contributed by atoms with Crippen LogP contribution >= 0.6 is 11.8 Å². The molecule has 2 aromatic heterocycles. The van der Waals surface area contributed by atoms with Gasteiger partial charge in [-0.05, 0) is 11.1 Å². The Bertz CT molecular complexity index is 1340. The van der Waals surface area contributed by atoms with Gasteiger partial charge in [-0.2, -0.15) is 11.8 Å². The quantitative estimate of drug-likeness (QED) is 0.456. The van der Waals surface area contributed by atoms with Gasteiger partial charge in [0, 0.05) is 55.9 Å². The number of nitrogens with zero attached hydrogens (tertiary/aromatic N) is 4. The minimum Gasteiger partial charge on any atom is -0.503 e. The fraction of sp³-hybridized carbons (Fsp3) is 0.286. The molecule has 1 saturated heterocycles. The van der Waals surface area contributed by atoms with Crippen LogP contribution in [-0.2, 0) is 13.1 Å². The zero-order chi connectivity index (χ0) is 23.8. The van der Waals surface area contributed by atoms with Crippen molar-refractivity contribution in [2.75, 3.05) is 24.6 Å². The van der Waals surface area contributed by atoms with Crippen LogP contribution in [0.4, 0.5) is 0 Å². The van der Waals surface area contributed by atoms with Crippen molar-refractivity contribution in [2.24, 2.45) is 0 Å². The van der Waals surface area contributed by atoms with Gasteiger partial charge < -0.3 is 14.2 Å². The third-order valence-corrected chi connectivity index (χ3v) is 8.11. The van der Waals surface area contributed by atoms with Crippen molar-refractivity contribution in [3.63, 3.8) is 0 Å². The minimum atomic E-state index is -0.378. The summed E-state index contributed by atoms with van der Waals surface area (Å²) in [7, 11) is 0. The number of fused-ring (bicyclic) bond motifs is 3. The number of benzene rings is 2. The Morgan fingerprint density at radius 2 is 1.63 bits per heavy atom.